The van der Waals surface area contributed by atoms with E-state index in [9.17, 15) is 4.79 Å². The van der Waals surface area contributed by atoms with Crippen molar-refractivity contribution in [3.8, 4) is 6.07 Å². The number of ether oxygens (including phenoxy) is 1. The highest BCUT2D eigenvalue weighted by atomic mass is 16.5. The minimum atomic E-state index is -0.173. The van der Waals surface area contributed by atoms with E-state index in [0.29, 0.717) is 25.9 Å². The maximum absolute atomic E-state index is 11.2. The van der Waals surface area contributed by atoms with Gasteiger partial charge in [-0.3, -0.25) is 4.79 Å². The Bertz CT molecular complexity index is 393. The van der Waals surface area contributed by atoms with E-state index in [4.69, 9.17) is 10.00 Å². The fourth-order valence-corrected chi connectivity index (χ4v) is 1.47. The van der Waals surface area contributed by atoms with Crippen LogP contribution in [0, 0.1) is 11.3 Å². The molecular formula is C13H15NO2. The first-order valence-electron chi connectivity index (χ1n) is 5.36. The lowest BCUT2D eigenvalue weighted by Gasteiger charge is -2.03. The zero-order valence-electron chi connectivity index (χ0n) is 9.40. The first-order valence-corrected chi connectivity index (χ1v) is 5.36. The second-order valence-corrected chi connectivity index (χ2v) is 3.46. The van der Waals surface area contributed by atoms with E-state index in [1.54, 1.807) is 6.92 Å². The maximum Gasteiger partial charge on any atom is 0.306 e. The van der Waals surface area contributed by atoms with Crippen molar-refractivity contribution in [1.82, 2.24) is 0 Å². The van der Waals surface area contributed by atoms with Gasteiger partial charge >= 0.3 is 5.97 Å². The summed E-state index contributed by atoms with van der Waals surface area (Å²) in [5.74, 6) is -0.173. The highest BCUT2D eigenvalue weighted by Crippen LogP contribution is 2.08. The molecule has 3 heteroatoms. The van der Waals surface area contributed by atoms with E-state index in [-0.39, 0.29) is 5.97 Å². The van der Waals surface area contributed by atoms with Gasteiger partial charge in [-0.2, -0.15) is 5.26 Å². The molecule has 1 rings (SSSR count). The molecule has 3 nitrogen and oxygen atoms in total. The highest BCUT2D eigenvalue weighted by Gasteiger charge is 2.02. The van der Waals surface area contributed by atoms with Crippen LogP contribution in [0.2, 0.25) is 0 Å². The zero-order chi connectivity index (χ0) is 11.8. The van der Waals surface area contributed by atoms with E-state index in [1.807, 2.05) is 24.3 Å². The SMILES string of the molecule is CCOC(=O)CCc1cccc(CC#N)c1. The summed E-state index contributed by atoms with van der Waals surface area (Å²) in [5, 5.41) is 8.57. The number of nitriles is 1. The Balaban J connectivity index is 2.51. The molecule has 0 aliphatic rings. The Kier molecular flexibility index (Phi) is 5.07. The largest absolute Gasteiger partial charge is 0.466 e. The summed E-state index contributed by atoms with van der Waals surface area (Å²) >= 11 is 0. The van der Waals surface area contributed by atoms with Gasteiger partial charge < -0.3 is 4.74 Å². The minimum absolute atomic E-state index is 0.173. The van der Waals surface area contributed by atoms with E-state index < -0.39 is 0 Å². The third kappa shape index (κ3) is 4.14. The lowest BCUT2D eigenvalue weighted by molar-refractivity contribution is -0.143. The third-order valence-corrected chi connectivity index (χ3v) is 2.20. The van der Waals surface area contributed by atoms with Gasteiger partial charge in [0.05, 0.1) is 19.1 Å². The van der Waals surface area contributed by atoms with Crippen LogP contribution in [0.25, 0.3) is 0 Å². The molecule has 1 aromatic carbocycles. The molecule has 0 aromatic heterocycles. The Hall–Kier alpha value is -1.82. The van der Waals surface area contributed by atoms with E-state index in [1.165, 1.54) is 0 Å². The van der Waals surface area contributed by atoms with E-state index >= 15 is 0 Å². The number of carbonyl (C=O) groups is 1. The van der Waals surface area contributed by atoms with E-state index in [2.05, 4.69) is 6.07 Å². The summed E-state index contributed by atoms with van der Waals surface area (Å²) in [6.07, 6.45) is 1.47. The van der Waals surface area contributed by atoms with Crippen molar-refractivity contribution >= 4 is 5.97 Å². The quantitative estimate of drug-likeness (QED) is 0.711. The molecule has 0 bridgehead atoms. The van der Waals surface area contributed by atoms with Crippen molar-refractivity contribution in [1.29, 1.82) is 5.26 Å². The van der Waals surface area contributed by atoms with Crippen LogP contribution in [0.15, 0.2) is 24.3 Å². The molecule has 0 N–H and O–H groups in total. The average molecular weight is 217 g/mol. The average Bonchev–Trinajstić information content (AvgIpc) is 2.28. The Morgan fingerprint density at radius 1 is 1.44 bits per heavy atom. The monoisotopic (exact) mass is 217 g/mol. The van der Waals surface area contributed by atoms with Crippen molar-refractivity contribution < 1.29 is 9.53 Å². The van der Waals surface area contributed by atoms with Gasteiger partial charge in [-0.25, -0.2) is 0 Å². The summed E-state index contributed by atoms with van der Waals surface area (Å²) in [6.45, 7) is 2.22. The van der Waals surface area contributed by atoms with Crippen molar-refractivity contribution in [2.75, 3.05) is 6.61 Å². The molecular weight excluding hydrogens is 202 g/mol. The number of hydrogen-bond acceptors (Lipinski definition) is 3. The predicted octanol–water partition coefficient (Wildman–Crippen LogP) is 2.25. The van der Waals surface area contributed by atoms with Crippen LogP contribution in [0.5, 0.6) is 0 Å². The molecule has 0 heterocycles. The van der Waals surface area contributed by atoms with Gasteiger partial charge in [0, 0.05) is 6.42 Å². The third-order valence-electron chi connectivity index (χ3n) is 2.20. The maximum atomic E-state index is 11.2. The summed E-state index contributed by atoms with van der Waals surface area (Å²) in [4.78, 5) is 11.2. The van der Waals surface area contributed by atoms with Crippen molar-refractivity contribution in [2.45, 2.75) is 26.2 Å². The first-order chi connectivity index (χ1) is 7.76. The second-order valence-electron chi connectivity index (χ2n) is 3.46. The molecule has 0 aliphatic heterocycles. The normalized spacial score (nSPS) is 9.50. The van der Waals surface area contributed by atoms with Crippen LogP contribution in [0.3, 0.4) is 0 Å². The molecule has 0 saturated carbocycles. The molecule has 0 radical (unpaired) electrons. The second kappa shape index (κ2) is 6.62. The van der Waals surface area contributed by atoms with Gasteiger partial charge in [0.15, 0.2) is 0 Å². The number of benzene rings is 1. The smallest absolute Gasteiger partial charge is 0.306 e. The molecule has 0 fully saturated rings. The predicted molar refractivity (Wildman–Crippen MR) is 60.7 cm³/mol. The Morgan fingerprint density at radius 3 is 2.88 bits per heavy atom. The molecule has 16 heavy (non-hydrogen) atoms. The summed E-state index contributed by atoms with van der Waals surface area (Å²) in [6, 6.07) is 9.85. The molecule has 0 spiro atoms. The number of rotatable bonds is 5. The molecule has 0 unspecified atom stereocenters. The number of aryl methyl sites for hydroxylation is 1. The summed E-state index contributed by atoms with van der Waals surface area (Å²) in [5.41, 5.74) is 2.06. The van der Waals surface area contributed by atoms with Gasteiger partial charge in [0.2, 0.25) is 0 Å². The first kappa shape index (κ1) is 12.3. The molecule has 0 atom stereocenters. The molecule has 0 aliphatic carbocycles. The lowest BCUT2D eigenvalue weighted by atomic mass is 10.1. The van der Waals surface area contributed by atoms with Crippen LogP contribution < -0.4 is 0 Å². The number of carbonyl (C=O) groups excluding carboxylic acids is 1. The Labute approximate surface area is 95.7 Å². The molecule has 0 amide bonds. The van der Waals surface area contributed by atoms with Gasteiger partial charge in [-0.05, 0) is 24.5 Å². The molecule has 0 saturated heterocycles. The fraction of sp³-hybridized carbons (Fsp3) is 0.385. The van der Waals surface area contributed by atoms with Crippen LogP contribution in [0.1, 0.15) is 24.5 Å². The van der Waals surface area contributed by atoms with Gasteiger partial charge in [-0.15, -0.1) is 0 Å². The standard InChI is InChI=1S/C13H15NO2/c1-2-16-13(15)7-6-11-4-3-5-12(10-11)8-9-14/h3-5,10H,2,6-8H2,1H3. The fourth-order valence-electron chi connectivity index (χ4n) is 1.47. The highest BCUT2D eigenvalue weighted by molar-refractivity contribution is 5.69. The van der Waals surface area contributed by atoms with E-state index in [0.717, 1.165) is 11.1 Å². The van der Waals surface area contributed by atoms with Crippen molar-refractivity contribution in [3.63, 3.8) is 0 Å². The van der Waals surface area contributed by atoms with Crippen LogP contribution >= 0.6 is 0 Å². The van der Waals surface area contributed by atoms with Crippen molar-refractivity contribution in [3.05, 3.63) is 35.4 Å². The summed E-state index contributed by atoms with van der Waals surface area (Å²) < 4.78 is 4.85. The Morgan fingerprint density at radius 2 is 2.19 bits per heavy atom. The summed E-state index contributed by atoms with van der Waals surface area (Å²) in [7, 11) is 0. The minimum Gasteiger partial charge on any atom is -0.466 e. The topological polar surface area (TPSA) is 50.1 Å². The van der Waals surface area contributed by atoms with Crippen LogP contribution in [0.4, 0.5) is 0 Å². The number of esters is 1. The number of hydrogen-bond donors (Lipinski definition) is 0. The van der Waals surface area contributed by atoms with Gasteiger partial charge in [0.25, 0.3) is 0 Å². The van der Waals surface area contributed by atoms with Crippen LogP contribution in [-0.2, 0) is 22.4 Å². The van der Waals surface area contributed by atoms with Gasteiger partial charge in [0.1, 0.15) is 0 Å². The number of nitrogens with zero attached hydrogens (tertiary/aromatic N) is 1. The lowest BCUT2D eigenvalue weighted by Crippen LogP contribution is -2.05. The zero-order valence-corrected chi connectivity index (χ0v) is 9.40. The van der Waals surface area contributed by atoms with Gasteiger partial charge in [-0.1, -0.05) is 24.3 Å². The molecule has 84 valence electrons. The molecule has 1 aromatic rings. The van der Waals surface area contributed by atoms with Crippen molar-refractivity contribution in [2.24, 2.45) is 0 Å². The van der Waals surface area contributed by atoms with Crippen LogP contribution in [-0.4, -0.2) is 12.6 Å².